The summed E-state index contributed by atoms with van der Waals surface area (Å²) in [6.07, 6.45) is 0.560. The van der Waals surface area contributed by atoms with Gasteiger partial charge in [-0.2, -0.15) is 0 Å². The highest BCUT2D eigenvalue weighted by atomic mass is 79.9. The Balaban J connectivity index is 1.73. The van der Waals surface area contributed by atoms with E-state index >= 15 is 0 Å². The van der Waals surface area contributed by atoms with E-state index in [-0.39, 0.29) is 6.09 Å². The Morgan fingerprint density at radius 1 is 1.04 bits per heavy atom. The van der Waals surface area contributed by atoms with Crippen molar-refractivity contribution in [1.82, 2.24) is 4.90 Å². The van der Waals surface area contributed by atoms with E-state index in [1.165, 1.54) is 5.56 Å². The van der Waals surface area contributed by atoms with Crippen LogP contribution in [0.4, 0.5) is 4.79 Å². The number of nitrogens with zero attached hydrogens (tertiary/aromatic N) is 1. The van der Waals surface area contributed by atoms with Gasteiger partial charge in [0.2, 0.25) is 0 Å². The molecule has 0 fully saturated rings. The number of hydrogen-bond donors (Lipinski definition) is 0. The minimum atomic E-state index is -0.482. The Kier molecular flexibility index (Phi) is 5.04. The molecular weight excluding hydrogens is 382 g/mol. The lowest BCUT2D eigenvalue weighted by atomic mass is 10.00. The third-order valence-corrected chi connectivity index (χ3v) is 4.42. The first-order valence-corrected chi connectivity index (χ1v) is 9.13. The first-order valence-electron chi connectivity index (χ1n) is 8.33. The third kappa shape index (κ3) is 4.75. The second kappa shape index (κ2) is 7.08. The zero-order valence-corrected chi connectivity index (χ0v) is 16.3. The predicted octanol–water partition coefficient (Wildman–Crippen LogP) is 5.53. The van der Waals surface area contributed by atoms with Crippen LogP contribution in [0.1, 0.15) is 31.9 Å². The average Bonchev–Trinajstić information content (AvgIpc) is 2.55. The van der Waals surface area contributed by atoms with Crippen LogP contribution in [-0.2, 0) is 17.7 Å². The molecule has 3 rings (SSSR count). The first-order chi connectivity index (χ1) is 11.8. The smallest absolute Gasteiger partial charge is 0.410 e. The number of benzene rings is 2. The largest absolute Gasteiger partial charge is 0.457 e. The molecule has 1 heterocycles. The number of hydrogen-bond acceptors (Lipinski definition) is 3. The van der Waals surface area contributed by atoms with Gasteiger partial charge in [-0.25, -0.2) is 4.79 Å². The molecule has 0 bridgehead atoms. The quantitative estimate of drug-likeness (QED) is 0.660. The molecule has 0 radical (unpaired) electrons. The van der Waals surface area contributed by atoms with Crippen molar-refractivity contribution in [3.8, 4) is 11.5 Å². The van der Waals surface area contributed by atoms with E-state index < -0.39 is 5.60 Å². The number of ether oxygens (including phenoxy) is 2. The molecule has 0 spiro atoms. The molecule has 2 aromatic carbocycles. The third-order valence-electron chi connectivity index (χ3n) is 3.89. The molecule has 0 N–H and O–H groups in total. The van der Waals surface area contributed by atoms with Crippen LogP contribution >= 0.6 is 15.9 Å². The highest BCUT2D eigenvalue weighted by Crippen LogP contribution is 2.28. The Morgan fingerprint density at radius 2 is 1.72 bits per heavy atom. The van der Waals surface area contributed by atoms with Gasteiger partial charge in [-0.3, -0.25) is 0 Å². The second-order valence-corrected chi connectivity index (χ2v) is 8.05. The molecule has 0 aliphatic carbocycles. The van der Waals surface area contributed by atoms with Gasteiger partial charge in [-0.05, 0) is 74.7 Å². The van der Waals surface area contributed by atoms with Crippen LogP contribution < -0.4 is 4.74 Å². The van der Waals surface area contributed by atoms with E-state index in [0.29, 0.717) is 13.1 Å². The number of fused-ring (bicyclic) bond motifs is 1. The maximum atomic E-state index is 12.3. The fourth-order valence-electron chi connectivity index (χ4n) is 2.72. The molecule has 0 atom stereocenters. The maximum absolute atomic E-state index is 12.3. The summed E-state index contributed by atoms with van der Waals surface area (Å²) in [6.45, 7) is 6.86. The van der Waals surface area contributed by atoms with Crippen molar-refractivity contribution in [1.29, 1.82) is 0 Å². The number of carbonyl (C=O) groups is 1. The molecule has 1 amide bonds. The van der Waals surface area contributed by atoms with E-state index in [0.717, 1.165) is 28.0 Å². The van der Waals surface area contributed by atoms with Crippen LogP contribution in [0.2, 0.25) is 0 Å². The summed E-state index contributed by atoms with van der Waals surface area (Å²) in [5.41, 5.74) is 1.87. The van der Waals surface area contributed by atoms with Crippen LogP contribution in [0.25, 0.3) is 0 Å². The Labute approximate surface area is 156 Å². The summed E-state index contributed by atoms with van der Waals surface area (Å²) in [4.78, 5) is 14.0. The number of rotatable bonds is 2. The minimum Gasteiger partial charge on any atom is -0.457 e. The van der Waals surface area contributed by atoms with E-state index in [4.69, 9.17) is 9.47 Å². The molecule has 1 aliphatic rings. The zero-order chi connectivity index (χ0) is 18.0. The fraction of sp³-hybridized carbons (Fsp3) is 0.350. The van der Waals surface area contributed by atoms with Gasteiger partial charge in [-0.15, -0.1) is 0 Å². The minimum absolute atomic E-state index is 0.266. The van der Waals surface area contributed by atoms with Crippen molar-refractivity contribution in [3.05, 3.63) is 58.1 Å². The van der Waals surface area contributed by atoms with Gasteiger partial charge in [0.1, 0.15) is 17.1 Å². The molecule has 0 saturated carbocycles. The standard InChI is InChI=1S/C20H22BrNO3/c1-20(2,3)25-19(23)22-11-10-14-4-7-18(12-15(14)13-22)24-17-8-5-16(21)6-9-17/h4-9,12H,10-11,13H2,1-3H3. The summed E-state index contributed by atoms with van der Waals surface area (Å²) in [5, 5.41) is 0. The Hall–Kier alpha value is -2.01. The normalized spacial score (nSPS) is 14.0. The van der Waals surface area contributed by atoms with Gasteiger partial charge in [0.15, 0.2) is 0 Å². The number of halogens is 1. The Morgan fingerprint density at radius 3 is 2.40 bits per heavy atom. The topological polar surface area (TPSA) is 38.8 Å². The van der Waals surface area contributed by atoms with Crippen molar-refractivity contribution in [2.45, 2.75) is 39.3 Å². The molecule has 132 valence electrons. The second-order valence-electron chi connectivity index (χ2n) is 7.14. The lowest BCUT2D eigenvalue weighted by molar-refractivity contribution is 0.0224. The first kappa shape index (κ1) is 17.8. The molecular formula is C20H22BrNO3. The maximum Gasteiger partial charge on any atom is 0.410 e. The van der Waals surface area contributed by atoms with Crippen LogP contribution in [0.15, 0.2) is 46.9 Å². The van der Waals surface area contributed by atoms with Crippen LogP contribution in [0, 0.1) is 0 Å². The molecule has 0 aromatic heterocycles. The lowest BCUT2D eigenvalue weighted by Gasteiger charge is -2.31. The highest BCUT2D eigenvalue weighted by Gasteiger charge is 2.25. The molecule has 0 saturated heterocycles. The molecule has 4 nitrogen and oxygen atoms in total. The summed E-state index contributed by atoms with van der Waals surface area (Å²) in [7, 11) is 0. The Bertz CT molecular complexity index is 766. The van der Waals surface area contributed by atoms with Crippen molar-refractivity contribution in [3.63, 3.8) is 0 Å². The van der Waals surface area contributed by atoms with Gasteiger partial charge in [0.05, 0.1) is 0 Å². The van der Waals surface area contributed by atoms with Crippen molar-refractivity contribution >= 4 is 22.0 Å². The summed E-state index contributed by atoms with van der Waals surface area (Å²) in [5.74, 6) is 1.55. The molecule has 1 aliphatic heterocycles. The van der Waals surface area contributed by atoms with Crippen molar-refractivity contribution in [2.24, 2.45) is 0 Å². The van der Waals surface area contributed by atoms with E-state index in [1.807, 2.05) is 57.2 Å². The summed E-state index contributed by atoms with van der Waals surface area (Å²) in [6, 6.07) is 13.8. The van der Waals surface area contributed by atoms with E-state index in [9.17, 15) is 4.79 Å². The fourth-order valence-corrected chi connectivity index (χ4v) is 2.98. The highest BCUT2D eigenvalue weighted by molar-refractivity contribution is 9.10. The van der Waals surface area contributed by atoms with Gasteiger partial charge >= 0.3 is 6.09 Å². The van der Waals surface area contributed by atoms with Crippen LogP contribution in [0.3, 0.4) is 0 Å². The number of carbonyl (C=O) groups excluding carboxylic acids is 1. The van der Waals surface area contributed by atoms with Gasteiger partial charge in [-0.1, -0.05) is 22.0 Å². The molecule has 25 heavy (non-hydrogen) atoms. The van der Waals surface area contributed by atoms with Crippen LogP contribution in [-0.4, -0.2) is 23.1 Å². The van der Waals surface area contributed by atoms with Gasteiger partial charge in [0, 0.05) is 17.6 Å². The van der Waals surface area contributed by atoms with E-state index in [1.54, 1.807) is 4.90 Å². The monoisotopic (exact) mass is 403 g/mol. The average molecular weight is 404 g/mol. The lowest BCUT2D eigenvalue weighted by Crippen LogP contribution is -2.39. The number of amides is 1. The molecule has 0 unspecified atom stereocenters. The zero-order valence-electron chi connectivity index (χ0n) is 14.7. The molecule has 5 heteroatoms. The molecule has 2 aromatic rings. The van der Waals surface area contributed by atoms with Gasteiger partial charge < -0.3 is 14.4 Å². The van der Waals surface area contributed by atoms with Crippen LogP contribution in [0.5, 0.6) is 11.5 Å². The van der Waals surface area contributed by atoms with Crippen molar-refractivity contribution in [2.75, 3.05) is 6.54 Å². The van der Waals surface area contributed by atoms with Crippen molar-refractivity contribution < 1.29 is 14.3 Å². The predicted molar refractivity (Wildman–Crippen MR) is 101 cm³/mol. The summed E-state index contributed by atoms with van der Waals surface area (Å²) >= 11 is 3.42. The SMILES string of the molecule is CC(C)(C)OC(=O)N1CCc2ccc(Oc3ccc(Br)cc3)cc2C1. The summed E-state index contributed by atoms with van der Waals surface area (Å²) < 4.78 is 12.4. The van der Waals surface area contributed by atoms with E-state index in [2.05, 4.69) is 22.0 Å². The van der Waals surface area contributed by atoms with Gasteiger partial charge in [0.25, 0.3) is 0 Å².